The second-order valence-electron chi connectivity index (χ2n) is 7.92. The molecule has 0 fully saturated rings. The van der Waals surface area contributed by atoms with Crippen LogP contribution in [0.15, 0.2) is 95.9 Å². The van der Waals surface area contributed by atoms with Crippen molar-refractivity contribution in [3.8, 4) is 5.75 Å². The summed E-state index contributed by atoms with van der Waals surface area (Å²) in [6, 6.07) is 24.3. The van der Waals surface area contributed by atoms with Crippen molar-refractivity contribution in [3.63, 3.8) is 0 Å². The van der Waals surface area contributed by atoms with Gasteiger partial charge in [0.2, 0.25) is 0 Å². The predicted octanol–water partition coefficient (Wildman–Crippen LogP) is 5.04. The molecule has 0 heterocycles. The number of hydrogen-bond donors (Lipinski definition) is 0. The third-order valence-corrected chi connectivity index (χ3v) is 6.72. The lowest BCUT2D eigenvalue weighted by Gasteiger charge is -2.23. The minimum atomic E-state index is -4.09. The van der Waals surface area contributed by atoms with Crippen molar-refractivity contribution in [2.24, 2.45) is 0 Å². The van der Waals surface area contributed by atoms with Gasteiger partial charge in [-0.2, -0.15) is 8.42 Å². The van der Waals surface area contributed by atoms with E-state index in [9.17, 15) is 17.6 Å². The second-order valence-corrected chi connectivity index (χ2v) is 9.46. The van der Waals surface area contributed by atoms with E-state index in [2.05, 4.69) is 0 Å². The molecule has 0 saturated carbocycles. The van der Waals surface area contributed by atoms with Gasteiger partial charge in [-0.3, -0.25) is 4.79 Å². The number of methoxy groups -OCH3 is 1. The highest BCUT2D eigenvalue weighted by molar-refractivity contribution is 7.87. The topological polar surface area (TPSA) is 72.9 Å². The first-order chi connectivity index (χ1) is 16.9. The molecule has 4 rings (SSSR count). The van der Waals surface area contributed by atoms with Crippen molar-refractivity contribution in [1.82, 2.24) is 4.90 Å². The molecule has 0 unspecified atom stereocenters. The molecule has 4 aromatic rings. The SMILES string of the molecule is COCCN(Cc1ccc(OS(=O)(=O)c2ccc(F)cc2)cc1)C(=O)c1ccc2ccccc2c1. The van der Waals surface area contributed by atoms with Gasteiger partial charge in [-0.15, -0.1) is 0 Å². The van der Waals surface area contributed by atoms with E-state index in [1.807, 2.05) is 42.5 Å². The first kappa shape index (κ1) is 24.4. The highest BCUT2D eigenvalue weighted by Crippen LogP contribution is 2.21. The molecule has 35 heavy (non-hydrogen) atoms. The molecule has 0 aliphatic rings. The zero-order chi connectivity index (χ0) is 24.8. The molecule has 8 heteroatoms. The Balaban J connectivity index is 1.49. The molecule has 0 saturated heterocycles. The minimum absolute atomic E-state index is 0.113. The van der Waals surface area contributed by atoms with Gasteiger partial charge in [0.05, 0.1) is 6.61 Å². The fourth-order valence-electron chi connectivity index (χ4n) is 3.61. The standard InChI is InChI=1S/C27H24FNO5S/c1-33-17-16-29(27(30)23-9-8-21-4-2-3-5-22(21)18-23)19-20-6-12-25(13-7-20)34-35(31,32)26-14-10-24(28)11-15-26/h2-15,18H,16-17,19H2,1H3. The quantitative estimate of drug-likeness (QED) is 0.306. The normalized spacial score (nSPS) is 11.4. The lowest BCUT2D eigenvalue weighted by molar-refractivity contribution is 0.0680. The number of nitrogens with zero attached hydrogens (tertiary/aromatic N) is 1. The Kier molecular flexibility index (Phi) is 7.43. The van der Waals surface area contributed by atoms with Crippen LogP contribution in [-0.4, -0.2) is 39.5 Å². The third kappa shape index (κ3) is 6.03. The van der Waals surface area contributed by atoms with Gasteiger partial charge in [0.15, 0.2) is 0 Å². The fourth-order valence-corrected chi connectivity index (χ4v) is 4.54. The molecule has 0 spiro atoms. The summed E-state index contributed by atoms with van der Waals surface area (Å²) in [6.45, 7) is 1.07. The molecule has 0 aromatic heterocycles. The Labute approximate surface area is 203 Å². The molecule has 1 amide bonds. The highest BCUT2D eigenvalue weighted by atomic mass is 32.2. The molecule has 6 nitrogen and oxygen atoms in total. The Morgan fingerprint density at radius 3 is 2.26 bits per heavy atom. The van der Waals surface area contributed by atoms with Crippen LogP contribution in [0, 0.1) is 5.82 Å². The summed E-state index contributed by atoms with van der Waals surface area (Å²) in [4.78, 5) is 14.8. The number of carbonyl (C=O) groups excluding carboxylic acids is 1. The third-order valence-electron chi connectivity index (χ3n) is 5.45. The summed E-state index contributed by atoms with van der Waals surface area (Å²) in [7, 11) is -2.52. The maximum Gasteiger partial charge on any atom is 0.339 e. The fraction of sp³-hybridized carbons (Fsp3) is 0.148. The summed E-state index contributed by atoms with van der Waals surface area (Å²) in [5.74, 6) is -0.557. The number of rotatable bonds is 9. The van der Waals surface area contributed by atoms with Crippen LogP contribution in [0.1, 0.15) is 15.9 Å². The van der Waals surface area contributed by atoms with Crippen molar-refractivity contribution in [1.29, 1.82) is 0 Å². The molecular weight excluding hydrogens is 469 g/mol. The van der Waals surface area contributed by atoms with E-state index in [4.69, 9.17) is 8.92 Å². The van der Waals surface area contributed by atoms with Crippen LogP contribution >= 0.6 is 0 Å². The molecule has 0 atom stereocenters. The summed E-state index contributed by atoms with van der Waals surface area (Å²) in [6.07, 6.45) is 0. The van der Waals surface area contributed by atoms with Gasteiger partial charge in [0.25, 0.3) is 5.91 Å². The van der Waals surface area contributed by atoms with E-state index in [1.54, 1.807) is 24.1 Å². The van der Waals surface area contributed by atoms with Gasteiger partial charge in [-0.1, -0.05) is 42.5 Å². The maximum atomic E-state index is 13.3. The monoisotopic (exact) mass is 493 g/mol. The Morgan fingerprint density at radius 2 is 1.57 bits per heavy atom. The molecular formula is C27H24FNO5S. The van der Waals surface area contributed by atoms with Gasteiger partial charge in [0, 0.05) is 25.8 Å². The van der Waals surface area contributed by atoms with Gasteiger partial charge in [-0.25, -0.2) is 4.39 Å². The van der Waals surface area contributed by atoms with E-state index >= 15 is 0 Å². The zero-order valence-corrected chi connectivity index (χ0v) is 19.9. The van der Waals surface area contributed by atoms with Crippen molar-refractivity contribution in [2.45, 2.75) is 11.4 Å². The molecule has 4 aromatic carbocycles. The highest BCUT2D eigenvalue weighted by Gasteiger charge is 2.19. The van der Waals surface area contributed by atoms with Crippen molar-refractivity contribution < 1.29 is 26.5 Å². The van der Waals surface area contributed by atoms with Crippen molar-refractivity contribution in [2.75, 3.05) is 20.3 Å². The smallest absolute Gasteiger partial charge is 0.339 e. The van der Waals surface area contributed by atoms with Crippen LogP contribution in [0.2, 0.25) is 0 Å². The van der Waals surface area contributed by atoms with Gasteiger partial charge >= 0.3 is 10.1 Å². The lowest BCUT2D eigenvalue weighted by Crippen LogP contribution is -2.33. The van der Waals surface area contributed by atoms with Crippen LogP contribution in [0.25, 0.3) is 10.8 Å². The molecule has 0 bridgehead atoms. The Bertz CT molecular complexity index is 1420. The number of carbonyl (C=O) groups is 1. The Hall–Kier alpha value is -3.75. The average Bonchev–Trinajstić information content (AvgIpc) is 2.87. The zero-order valence-electron chi connectivity index (χ0n) is 19.1. The molecule has 0 aliphatic carbocycles. The van der Waals surface area contributed by atoms with E-state index < -0.39 is 15.9 Å². The van der Waals surface area contributed by atoms with Crippen LogP contribution in [-0.2, 0) is 21.4 Å². The van der Waals surface area contributed by atoms with E-state index in [0.717, 1.165) is 40.6 Å². The number of hydrogen-bond acceptors (Lipinski definition) is 5. The Morgan fingerprint density at radius 1 is 0.886 bits per heavy atom. The van der Waals surface area contributed by atoms with Gasteiger partial charge < -0.3 is 13.8 Å². The van der Waals surface area contributed by atoms with Gasteiger partial charge in [-0.05, 0) is 64.9 Å². The number of ether oxygens (including phenoxy) is 1. The molecule has 180 valence electrons. The number of amides is 1. The first-order valence-electron chi connectivity index (χ1n) is 10.9. The minimum Gasteiger partial charge on any atom is -0.383 e. The van der Waals surface area contributed by atoms with Crippen LogP contribution in [0.3, 0.4) is 0 Å². The van der Waals surface area contributed by atoms with Crippen LogP contribution in [0.4, 0.5) is 4.39 Å². The molecule has 0 aliphatic heterocycles. The largest absolute Gasteiger partial charge is 0.383 e. The summed E-state index contributed by atoms with van der Waals surface area (Å²) in [5.41, 5.74) is 1.37. The number of benzene rings is 4. The van der Waals surface area contributed by atoms with Crippen LogP contribution in [0.5, 0.6) is 5.75 Å². The predicted molar refractivity (Wildman–Crippen MR) is 131 cm³/mol. The molecule has 0 radical (unpaired) electrons. The number of halogens is 1. The van der Waals surface area contributed by atoms with Gasteiger partial charge in [0.1, 0.15) is 16.5 Å². The summed E-state index contributed by atoms with van der Waals surface area (Å²) < 4.78 is 48.3. The van der Waals surface area contributed by atoms with Crippen molar-refractivity contribution in [3.05, 3.63) is 108 Å². The summed E-state index contributed by atoms with van der Waals surface area (Å²) in [5, 5.41) is 2.03. The lowest BCUT2D eigenvalue weighted by atomic mass is 10.1. The van der Waals surface area contributed by atoms with Crippen molar-refractivity contribution >= 4 is 26.8 Å². The van der Waals surface area contributed by atoms with E-state index in [-0.39, 0.29) is 16.6 Å². The average molecular weight is 494 g/mol. The maximum absolute atomic E-state index is 13.3. The number of fused-ring (bicyclic) bond motifs is 1. The molecule has 0 N–H and O–H groups in total. The second kappa shape index (κ2) is 10.7. The van der Waals surface area contributed by atoms with E-state index in [1.165, 1.54) is 12.1 Å². The summed E-state index contributed by atoms with van der Waals surface area (Å²) >= 11 is 0. The van der Waals surface area contributed by atoms with Crippen LogP contribution < -0.4 is 4.18 Å². The van der Waals surface area contributed by atoms with E-state index in [0.29, 0.717) is 25.3 Å². The first-order valence-corrected chi connectivity index (χ1v) is 12.3.